The Kier molecular flexibility index (Phi) is 5.42. The van der Waals surface area contributed by atoms with E-state index in [9.17, 15) is 4.39 Å². The van der Waals surface area contributed by atoms with Crippen molar-refractivity contribution in [3.05, 3.63) is 0 Å². The molecule has 0 aliphatic carbocycles. The molecule has 12 heavy (non-hydrogen) atoms. The second kappa shape index (κ2) is 5.49. The van der Waals surface area contributed by atoms with E-state index in [0.29, 0.717) is 12.3 Å². The fourth-order valence-corrected chi connectivity index (χ4v) is 1.27. The fraction of sp³-hybridized carbons (Fsp3) is 1.00. The molecule has 74 valence electrons. The second-order valence-electron chi connectivity index (χ2n) is 3.68. The van der Waals surface area contributed by atoms with E-state index < -0.39 is 12.2 Å². The molecule has 0 heterocycles. The highest BCUT2D eigenvalue weighted by atomic mass is 19.1. The third-order valence-electron chi connectivity index (χ3n) is 2.36. The summed E-state index contributed by atoms with van der Waals surface area (Å²) in [7, 11) is 0. The first-order valence-electron chi connectivity index (χ1n) is 4.53. The van der Waals surface area contributed by atoms with Crippen molar-refractivity contribution in [1.29, 1.82) is 0 Å². The van der Waals surface area contributed by atoms with Gasteiger partial charge in [-0.3, -0.25) is 4.39 Å². The van der Waals surface area contributed by atoms with Gasteiger partial charge in [-0.1, -0.05) is 20.3 Å². The number of nitrogens with two attached hydrogens (primary N) is 1. The maximum atomic E-state index is 12.0. The largest absolute Gasteiger partial charge is 0.394 e. The zero-order valence-electron chi connectivity index (χ0n) is 8.02. The maximum absolute atomic E-state index is 12.0. The average molecular weight is 177 g/mol. The minimum atomic E-state index is -0.704. The number of halogens is 1. The van der Waals surface area contributed by atoms with Crippen molar-refractivity contribution < 1.29 is 9.50 Å². The molecular weight excluding hydrogens is 157 g/mol. The highest BCUT2D eigenvalue weighted by Crippen LogP contribution is 2.19. The number of aliphatic hydroxyl groups excluding tert-OH is 1. The van der Waals surface area contributed by atoms with E-state index in [-0.39, 0.29) is 13.0 Å². The molecule has 0 bridgehead atoms. The van der Waals surface area contributed by atoms with E-state index in [1.807, 2.05) is 0 Å². The monoisotopic (exact) mass is 177 g/mol. The molecule has 0 aromatic rings. The Morgan fingerprint density at radius 2 is 2.17 bits per heavy atom. The topological polar surface area (TPSA) is 46.2 Å². The van der Waals surface area contributed by atoms with Crippen molar-refractivity contribution in [2.45, 2.75) is 38.6 Å². The molecule has 3 N–H and O–H groups in total. The van der Waals surface area contributed by atoms with Crippen LogP contribution in [0.2, 0.25) is 0 Å². The van der Waals surface area contributed by atoms with Gasteiger partial charge in [0.1, 0.15) is 0 Å². The van der Waals surface area contributed by atoms with Crippen molar-refractivity contribution in [1.82, 2.24) is 0 Å². The molecule has 0 aliphatic heterocycles. The molecule has 0 rings (SSSR count). The van der Waals surface area contributed by atoms with Crippen LogP contribution in [0.3, 0.4) is 0 Å². The summed E-state index contributed by atoms with van der Waals surface area (Å²) in [5.41, 5.74) is 5.09. The summed E-state index contributed by atoms with van der Waals surface area (Å²) in [5.74, 6) is 0.452. The van der Waals surface area contributed by atoms with E-state index in [1.165, 1.54) is 0 Å². The molecule has 2 nitrogen and oxygen atoms in total. The van der Waals surface area contributed by atoms with Crippen LogP contribution < -0.4 is 5.73 Å². The number of rotatable bonds is 6. The van der Waals surface area contributed by atoms with E-state index in [2.05, 4.69) is 13.8 Å². The third-order valence-corrected chi connectivity index (χ3v) is 2.36. The van der Waals surface area contributed by atoms with Crippen molar-refractivity contribution in [2.24, 2.45) is 11.7 Å². The molecular formula is C9H20FNO. The van der Waals surface area contributed by atoms with Crippen molar-refractivity contribution >= 4 is 0 Å². The minimum absolute atomic E-state index is 0.124. The summed E-state index contributed by atoms with van der Waals surface area (Å²) in [4.78, 5) is 0. The lowest BCUT2D eigenvalue weighted by atomic mass is 9.86. The third kappa shape index (κ3) is 4.02. The van der Waals surface area contributed by atoms with Crippen LogP contribution in [-0.4, -0.2) is 23.9 Å². The molecule has 0 aromatic carbocycles. The molecule has 0 fully saturated rings. The first-order chi connectivity index (χ1) is 5.58. The first kappa shape index (κ1) is 11.8. The van der Waals surface area contributed by atoms with Crippen LogP contribution in [0.1, 0.15) is 33.1 Å². The van der Waals surface area contributed by atoms with Crippen molar-refractivity contribution in [3.8, 4) is 0 Å². The Morgan fingerprint density at radius 1 is 1.58 bits per heavy atom. The molecule has 0 saturated carbocycles. The van der Waals surface area contributed by atoms with Crippen molar-refractivity contribution in [2.75, 3.05) is 13.3 Å². The zero-order chi connectivity index (χ0) is 9.61. The van der Waals surface area contributed by atoms with Gasteiger partial charge in [0.05, 0.1) is 13.3 Å². The molecule has 0 spiro atoms. The van der Waals surface area contributed by atoms with Gasteiger partial charge in [0.25, 0.3) is 0 Å². The highest BCUT2D eigenvalue weighted by Gasteiger charge is 2.25. The van der Waals surface area contributed by atoms with Crippen LogP contribution in [0.25, 0.3) is 0 Å². The molecule has 0 aliphatic rings. The maximum Gasteiger partial charge on any atom is 0.0912 e. The molecule has 0 saturated heterocycles. The summed E-state index contributed by atoms with van der Waals surface area (Å²) < 4.78 is 12.0. The standard InChI is InChI=1S/C9H20FNO/c1-3-8(2)6-9(11,7-12)4-5-10/h8,12H,3-7,11H2,1-2H3/t8-,9-/m0/s1. The number of alkyl halides is 1. The van der Waals surface area contributed by atoms with Crippen LogP contribution in [0, 0.1) is 5.92 Å². The quantitative estimate of drug-likeness (QED) is 0.645. The summed E-state index contributed by atoms with van der Waals surface area (Å²) in [6.07, 6.45) is 1.98. The molecule has 2 atom stereocenters. The van der Waals surface area contributed by atoms with E-state index in [1.54, 1.807) is 0 Å². The molecule has 0 unspecified atom stereocenters. The predicted octanol–water partition coefficient (Wildman–Crippen LogP) is 1.47. The van der Waals surface area contributed by atoms with Crippen molar-refractivity contribution in [3.63, 3.8) is 0 Å². The number of hydrogen-bond donors (Lipinski definition) is 2. The second-order valence-corrected chi connectivity index (χ2v) is 3.68. The Bertz CT molecular complexity index is 121. The lowest BCUT2D eigenvalue weighted by Gasteiger charge is -2.28. The summed E-state index contributed by atoms with van der Waals surface area (Å²) in [5, 5.41) is 8.97. The fourth-order valence-electron chi connectivity index (χ4n) is 1.27. The summed E-state index contributed by atoms with van der Waals surface area (Å²) in [6.45, 7) is 3.56. The SMILES string of the molecule is CC[C@H](C)C[C@](N)(CO)CCF. The lowest BCUT2D eigenvalue weighted by Crippen LogP contribution is -2.45. The van der Waals surface area contributed by atoms with Gasteiger partial charge in [-0.25, -0.2) is 0 Å². The van der Waals surface area contributed by atoms with Crippen LogP contribution in [0.4, 0.5) is 4.39 Å². The van der Waals surface area contributed by atoms with Crippen LogP contribution >= 0.6 is 0 Å². The van der Waals surface area contributed by atoms with Gasteiger partial charge in [-0.05, 0) is 18.8 Å². The van der Waals surface area contributed by atoms with Gasteiger partial charge in [-0.2, -0.15) is 0 Å². The molecule has 0 amide bonds. The molecule has 3 heteroatoms. The lowest BCUT2D eigenvalue weighted by molar-refractivity contribution is 0.152. The normalized spacial score (nSPS) is 18.8. The molecule has 0 radical (unpaired) electrons. The van der Waals surface area contributed by atoms with E-state index in [0.717, 1.165) is 6.42 Å². The zero-order valence-corrected chi connectivity index (χ0v) is 8.02. The van der Waals surface area contributed by atoms with E-state index in [4.69, 9.17) is 10.8 Å². The van der Waals surface area contributed by atoms with Gasteiger partial charge in [0.2, 0.25) is 0 Å². The Morgan fingerprint density at radius 3 is 2.50 bits per heavy atom. The van der Waals surface area contributed by atoms with Gasteiger partial charge in [-0.15, -0.1) is 0 Å². The number of aliphatic hydroxyl groups is 1. The minimum Gasteiger partial charge on any atom is -0.394 e. The molecule has 0 aromatic heterocycles. The van der Waals surface area contributed by atoms with Crippen LogP contribution in [-0.2, 0) is 0 Å². The smallest absolute Gasteiger partial charge is 0.0912 e. The van der Waals surface area contributed by atoms with Crippen LogP contribution in [0.15, 0.2) is 0 Å². The van der Waals surface area contributed by atoms with Gasteiger partial charge in [0.15, 0.2) is 0 Å². The summed E-state index contributed by atoms with van der Waals surface area (Å²) >= 11 is 0. The average Bonchev–Trinajstić information content (AvgIpc) is 2.05. The van der Waals surface area contributed by atoms with Gasteiger partial charge in [0, 0.05) is 5.54 Å². The Hall–Kier alpha value is -0.150. The van der Waals surface area contributed by atoms with Crippen LogP contribution in [0.5, 0.6) is 0 Å². The Balaban J connectivity index is 3.94. The number of hydrogen-bond acceptors (Lipinski definition) is 2. The summed E-state index contributed by atoms with van der Waals surface area (Å²) in [6, 6.07) is 0. The van der Waals surface area contributed by atoms with E-state index >= 15 is 0 Å². The first-order valence-corrected chi connectivity index (χ1v) is 4.53. The van der Waals surface area contributed by atoms with Gasteiger partial charge < -0.3 is 10.8 Å². The van der Waals surface area contributed by atoms with Gasteiger partial charge >= 0.3 is 0 Å². The Labute approximate surface area is 74.0 Å². The highest BCUT2D eigenvalue weighted by molar-refractivity contribution is 4.84. The predicted molar refractivity (Wildman–Crippen MR) is 48.7 cm³/mol.